The number of carbonyl (C=O) groups is 3. The van der Waals surface area contributed by atoms with Gasteiger partial charge in [0, 0.05) is 16.7 Å². The van der Waals surface area contributed by atoms with Crippen LogP contribution in [0.2, 0.25) is 0 Å². The molecule has 3 amide bonds. The molecule has 0 aliphatic rings. The molecule has 0 spiro atoms. The van der Waals surface area contributed by atoms with Crippen LogP contribution in [0, 0.1) is 0 Å². The fourth-order valence-electron chi connectivity index (χ4n) is 1.40. The number of nitrogen functional groups attached to an aromatic ring is 1. The number of anilines is 1. The van der Waals surface area contributed by atoms with E-state index in [1.54, 1.807) is 19.1 Å². The van der Waals surface area contributed by atoms with E-state index in [1.807, 2.05) is 0 Å². The summed E-state index contributed by atoms with van der Waals surface area (Å²) in [6, 6.07) is 4.07. The normalized spacial score (nSPS) is 11.4. The van der Waals surface area contributed by atoms with Gasteiger partial charge in [-0.05, 0) is 32.0 Å². The molecule has 7 nitrogen and oxygen atoms in total. The first kappa shape index (κ1) is 17.0. The molecule has 0 fully saturated rings. The van der Waals surface area contributed by atoms with E-state index < -0.39 is 24.0 Å². The van der Waals surface area contributed by atoms with E-state index in [-0.39, 0.29) is 11.3 Å². The van der Waals surface area contributed by atoms with Gasteiger partial charge in [-0.25, -0.2) is 9.59 Å². The van der Waals surface area contributed by atoms with Gasteiger partial charge in [0.2, 0.25) is 0 Å². The number of amides is 3. The van der Waals surface area contributed by atoms with E-state index in [0.717, 1.165) is 0 Å². The molecular weight excluding hydrogens is 342 g/mol. The number of benzene rings is 1. The Kier molecular flexibility index (Phi) is 6.16. The Bertz CT molecular complexity index is 562. The smallest absolute Gasteiger partial charge is 0.341 e. The highest BCUT2D eigenvalue weighted by atomic mass is 79.9. The van der Waals surface area contributed by atoms with Gasteiger partial charge >= 0.3 is 12.0 Å². The molecule has 1 aromatic carbocycles. The van der Waals surface area contributed by atoms with E-state index in [1.165, 1.54) is 13.0 Å². The largest absolute Gasteiger partial charge is 0.449 e. The molecule has 0 saturated heterocycles. The Labute approximate surface area is 130 Å². The summed E-state index contributed by atoms with van der Waals surface area (Å²) in [4.78, 5) is 34.8. The molecule has 21 heavy (non-hydrogen) atoms. The molecule has 0 aliphatic carbocycles. The van der Waals surface area contributed by atoms with Crippen LogP contribution in [0.1, 0.15) is 24.2 Å². The van der Waals surface area contributed by atoms with Gasteiger partial charge in [0.1, 0.15) is 0 Å². The number of urea groups is 1. The Morgan fingerprint density at radius 3 is 2.67 bits per heavy atom. The summed E-state index contributed by atoms with van der Waals surface area (Å²) in [5.41, 5.74) is 6.05. The Hall–Kier alpha value is -2.09. The maximum atomic E-state index is 11.9. The first-order chi connectivity index (χ1) is 9.85. The summed E-state index contributed by atoms with van der Waals surface area (Å²) in [6.07, 6.45) is -1.13. The minimum Gasteiger partial charge on any atom is -0.449 e. The van der Waals surface area contributed by atoms with Crippen LogP contribution in [-0.2, 0) is 9.53 Å². The standard InChI is InChI=1S/C13H16BrN3O4/c1-3-16-13(20)17-11(18)7(2)21-12(19)9-6-8(14)4-5-10(9)15/h4-7H,3,15H2,1-2H3,(H2,16,17,18,20). The summed E-state index contributed by atoms with van der Waals surface area (Å²) < 4.78 is 5.64. The van der Waals surface area contributed by atoms with E-state index in [9.17, 15) is 14.4 Å². The molecule has 0 aliphatic heterocycles. The molecule has 1 atom stereocenters. The van der Waals surface area contributed by atoms with Gasteiger partial charge in [-0.1, -0.05) is 15.9 Å². The number of hydrogen-bond acceptors (Lipinski definition) is 5. The van der Waals surface area contributed by atoms with Crippen LogP contribution in [0.15, 0.2) is 22.7 Å². The van der Waals surface area contributed by atoms with E-state index in [2.05, 4.69) is 26.6 Å². The quantitative estimate of drug-likeness (QED) is 0.557. The molecule has 114 valence electrons. The highest BCUT2D eigenvalue weighted by molar-refractivity contribution is 9.10. The van der Waals surface area contributed by atoms with Crippen LogP contribution in [-0.4, -0.2) is 30.6 Å². The fourth-order valence-corrected chi connectivity index (χ4v) is 1.76. The van der Waals surface area contributed by atoms with E-state index >= 15 is 0 Å². The number of rotatable bonds is 4. The number of esters is 1. The average Bonchev–Trinajstić information content (AvgIpc) is 2.41. The van der Waals surface area contributed by atoms with Crippen LogP contribution >= 0.6 is 15.9 Å². The van der Waals surface area contributed by atoms with E-state index in [4.69, 9.17) is 10.5 Å². The lowest BCUT2D eigenvalue weighted by Gasteiger charge is -2.14. The van der Waals surface area contributed by atoms with Gasteiger partial charge in [-0.2, -0.15) is 0 Å². The number of nitrogens with two attached hydrogens (primary N) is 1. The van der Waals surface area contributed by atoms with Crippen molar-refractivity contribution < 1.29 is 19.1 Å². The van der Waals surface area contributed by atoms with Crippen molar-refractivity contribution in [2.24, 2.45) is 0 Å². The van der Waals surface area contributed by atoms with Crippen LogP contribution in [0.25, 0.3) is 0 Å². The number of nitrogens with one attached hydrogen (secondary N) is 2. The number of hydrogen-bond donors (Lipinski definition) is 3. The molecule has 0 radical (unpaired) electrons. The molecule has 1 rings (SSSR count). The van der Waals surface area contributed by atoms with Gasteiger partial charge in [0.05, 0.1) is 5.56 Å². The topological polar surface area (TPSA) is 111 Å². The summed E-state index contributed by atoms with van der Waals surface area (Å²) in [5, 5.41) is 4.45. The SMILES string of the molecule is CCNC(=O)NC(=O)C(C)OC(=O)c1cc(Br)ccc1N. The maximum absolute atomic E-state index is 11.9. The van der Waals surface area contributed by atoms with Crippen LogP contribution in [0.3, 0.4) is 0 Å². The summed E-state index contributed by atoms with van der Waals surface area (Å²) in [5.74, 6) is -1.46. The fraction of sp³-hybridized carbons (Fsp3) is 0.308. The monoisotopic (exact) mass is 357 g/mol. The zero-order valence-corrected chi connectivity index (χ0v) is 13.2. The van der Waals surface area contributed by atoms with E-state index in [0.29, 0.717) is 11.0 Å². The van der Waals surface area contributed by atoms with Gasteiger partial charge in [0.25, 0.3) is 5.91 Å². The van der Waals surface area contributed by atoms with Gasteiger partial charge < -0.3 is 15.8 Å². The Balaban J connectivity index is 2.67. The first-order valence-electron chi connectivity index (χ1n) is 6.19. The summed E-state index contributed by atoms with van der Waals surface area (Å²) in [7, 11) is 0. The lowest BCUT2D eigenvalue weighted by atomic mass is 10.2. The van der Waals surface area contributed by atoms with Crippen molar-refractivity contribution in [2.45, 2.75) is 20.0 Å². The van der Waals surface area contributed by atoms with Crippen LogP contribution in [0.5, 0.6) is 0 Å². The molecule has 1 aromatic rings. The highest BCUT2D eigenvalue weighted by Crippen LogP contribution is 2.19. The lowest BCUT2D eigenvalue weighted by Crippen LogP contribution is -2.44. The van der Waals surface area contributed by atoms with Gasteiger partial charge in [0.15, 0.2) is 6.10 Å². The summed E-state index contributed by atoms with van der Waals surface area (Å²) in [6.45, 7) is 3.45. The first-order valence-corrected chi connectivity index (χ1v) is 6.99. The molecule has 0 heterocycles. The molecule has 0 saturated carbocycles. The number of ether oxygens (including phenoxy) is 1. The second-order valence-corrected chi connectivity index (χ2v) is 5.04. The van der Waals surface area contributed by atoms with Crippen molar-refractivity contribution in [1.82, 2.24) is 10.6 Å². The number of halogens is 1. The molecule has 4 N–H and O–H groups in total. The van der Waals surface area contributed by atoms with Crippen molar-refractivity contribution in [3.05, 3.63) is 28.2 Å². The summed E-state index contributed by atoms with van der Waals surface area (Å²) >= 11 is 3.21. The molecular formula is C13H16BrN3O4. The third-order valence-electron chi connectivity index (χ3n) is 2.46. The van der Waals surface area contributed by atoms with Crippen molar-refractivity contribution >= 4 is 39.5 Å². The third-order valence-corrected chi connectivity index (χ3v) is 2.96. The minimum atomic E-state index is -1.13. The third kappa shape index (κ3) is 5.07. The molecule has 8 heteroatoms. The second-order valence-electron chi connectivity index (χ2n) is 4.13. The molecule has 0 bridgehead atoms. The average molecular weight is 358 g/mol. The van der Waals surface area contributed by atoms with Crippen molar-refractivity contribution in [3.8, 4) is 0 Å². The van der Waals surface area contributed by atoms with Gasteiger partial charge in [-0.15, -0.1) is 0 Å². The Morgan fingerprint density at radius 2 is 2.05 bits per heavy atom. The zero-order chi connectivity index (χ0) is 16.0. The predicted molar refractivity (Wildman–Crippen MR) is 80.6 cm³/mol. The van der Waals surface area contributed by atoms with Gasteiger partial charge in [-0.3, -0.25) is 10.1 Å². The number of imide groups is 1. The second kappa shape index (κ2) is 7.63. The zero-order valence-electron chi connectivity index (χ0n) is 11.6. The molecule has 0 aromatic heterocycles. The van der Waals surface area contributed by atoms with Crippen LogP contribution < -0.4 is 16.4 Å². The number of carbonyl (C=O) groups excluding carboxylic acids is 3. The molecule has 1 unspecified atom stereocenters. The maximum Gasteiger partial charge on any atom is 0.341 e. The van der Waals surface area contributed by atoms with Crippen molar-refractivity contribution in [1.29, 1.82) is 0 Å². The predicted octanol–water partition coefficient (Wildman–Crippen LogP) is 1.42. The lowest BCUT2D eigenvalue weighted by molar-refractivity contribution is -0.127. The highest BCUT2D eigenvalue weighted by Gasteiger charge is 2.21. The van der Waals surface area contributed by atoms with Crippen molar-refractivity contribution in [3.63, 3.8) is 0 Å². The van der Waals surface area contributed by atoms with Crippen LogP contribution in [0.4, 0.5) is 10.5 Å². The Morgan fingerprint density at radius 1 is 1.38 bits per heavy atom. The van der Waals surface area contributed by atoms with Crippen molar-refractivity contribution in [2.75, 3.05) is 12.3 Å². The minimum absolute atomic E-state index is 0.141.